The number of nitrogens with one attached hydrogen (secondary N) is 2. The van der Waals surface area contributed by atoms with Gasteiger partial charge in [-0.2, -0.15) is 0 Å². The molecule has 7 heteroatoms. The predicted molar refractivity (Wildman–Crippen MR) is 67.9 cm³/mol. The van der Waals surface area contributed by atoms with Crippen LogP contribution < -0.4 is 10.6 Å². The number of nitrogens with zero attached hydrogens (tertiary/aromatic N) is 2. The summed E-state index contributed by atoms with van der Waals surface area (Å²) in [5.74, 6) is -1.39. The highest BCUT2D eigenvalue weighted by molar-refractivity contribution is 7.09. The van der Waals surface area contributed by atoms with E-state index in [0.29, 0.717) is 6.54 Å². The summed E-state index contributed by atoms with van der Waals surface area (Å²) in [7, 11) is 1.53. The molecule has 2 rings (SSSR count). The minimum atomic E-state index is -0.714. The van der Waals surface area contributed by atoms with Gasteiger partial charge in [-0.15, -0.1) is 11.3 Å². The van der Waals surface area contributed by atoms with Crippen LogP contribution in [0.15, 0.2) is 11.6 Å². The van der Waals surface area contributed by atoms with Crippen molar-refractivity contribution in [1.82, 2.24) is 9.97 Å². The molecule has 0 bridgehead atoms. The van der Waals surface area contributed by atoms with Gasteiger partial charge in [0.15, 0.2) is 23.3 Å². The highest BCUT2D eigenvalue weighted by Crippen LogP contribution is 2.20. The SMILES string of the molecule is CNc1nc(NCc2scnc2C)c(F)cc1F. The molecule has 2 aromatic heterocycles. The zero-order valence-corrected chi connectivity index (χ0v) is 10.7. The van der Waals surface area contributed by atoms with Crippen LogP contribution in [0.2, 0.25) is 0 Å². The standard InChI is InChI=1S/C11H12F2N4S/c1-6-9(18-5-16-6)4-15-11-8(13)3-7(12)10(14-2)17-11/h3,5H,4H2,1-2H3,(H2,14,15,17). The Balaban J connectivity index is 2.16. The molecule has 0 saturated heterocycles. The number of aryl methyl sites for hydroxylation is 1. The Morgan fingerprint density at radius 3 is 2.61 bits per heavy atom. The van der Waals surface area contributed by atoms with Gasteiger partial charge in [0.05, 0.1) is 17.7 Å². The number of aromatic nitrogens is 2. The first-order chi connectivity index (χ1) is 8.61. The summed E-state index contributed by atoms with van der Waals surface area (Å²) in [6.45, 7) is 2.29. The molecule has 2 heterocycles. The van der Waals surface area contributed by atoms with E-state index in [4.69, 9.17) is 0 Å². The van der Waals surface area contributed by atoms with Gasteiger partial charge in [0.2, 0.25) is 0 Å². The average molecular weight is 270 g/mol. The Morgan fingerprint density at radius 1 is 1.28 bits per heavy atom. The number of thiazole rings is 1. The second-order valence-electron chi connectivity index (χ2n) is 3.61. The molecule has 0 aliphatic carbocycles. The minimum absolute atomic E-state index is 0.0138. The van der Waals surface area contributed by atoms with Crippen LogP contribution in [0.5, 0.6) is 0 Å². The third-order valence-electron chi connectivity index (χ3n) is 2.43. The molecular formula is C11H12F2N4S. The van der Waals surface area contributed by atoms with E-state index in [1.165, 1.54) is 18.4 Å². The topological polar surface area (TPSA) is 49.8 Å². The summed E-state index contributed by atoms with van der Waals surface area (Å²) in [6.07, 6.45) is 0. The molecule has 0 atom stereocenters. The summed E-state index contributed by atoms with van der Waals surface area (Å²) in [6, 6.07) is 0.806. The van der Waals surface area contributed by atoms with Gasteiger partial charge >= 0.3 is 0 Å². The summed E-state index contributed by atoms with van der Waals surface area (Å²) < 4.78 is 26.7. The molecule has 0 radical (unpaired) electrons. The van der Waals surface area contributed by atoms with Gasteiger partial charge in [-0.3, -0.25) is 0 Å². The number of rotatable bonds is 4. The van der Waals surface area contributed by atoms with Crippen LogP contribution in [0.4, 0.5) is 20.4 Å². The van der Waals surface area contributed by atoms with Gasteiger partial charge in [-0.1, -0.05) is 0 Å². The van der Waals surface area contributed by atoms with Crippen molar-refractivity contribution in [1.29, 1.82) is 0 Å². The molecule has 4 nitrogen and oxygen atoms in total. The lowest BCUT2D eigenvalue weighted by Crippen LogP contribution is -2.07. The number of pyridine rings is 1. The van der Waals surface area contributed by atoms with Crippen molar-refractivity contribution in [2.45, 2.75) is 13.5 Å². The Labute approximate surface area is 107 Å². The minimum Gasteiger partial charge on any atom is -0.371 e. The van der Waals surface area contributed by atoms with Crippen LogP contribution in [-0.2, 0) is 6.54 Å². The normalized spacial score (nSPS) is 10.4. The van der Waals surface area contributed by atoms with Crippen molar-refractivity contribution < 1.29 is 8.78 Å². The largest absolute Gasteiger partial charge is 0.371 e. The number of hydrogen-bond donors (Lipinski definition) is 2. The zero-order valence-electron chi connectivity index (χ0n) is 9.92. The number of hydrogen-bond acceptors (Lipinski definition) is 5. The Hall–Kier alpha value is -1.76. The molecule has 0 fully saturated rings. The summed E-state index contributed by atoms with van der Waals surface area (Å²) in [5.41, 5.74) is 2.61. The van der Waals surface area contributed by atoms with E-state index in [1.54, 1.807) is 5.51 Å². The van der Waals surface area contributed by atoms with Crippen molar-refractivity contribution in [2.24, 2.45) is 0 Å². The lowest BCUT2D eigenvalue weighted by molar-refractivity contribution is 0.578. The molecule has 0 saturated carbocycles. The fourth-order valence-electron chi connectivity index (χ4n) is 1.43. The van der Waals surface area contributed by atoms with Crippen molar-refractivity contribution in [3.05, 3.63) is 33.8 Å². The lowest BCUT2D eigenvalue weighted by atomic mass is 10.3. The number of halogens is 2. The smallest absolute Gasteiger partial charge is 0.168 e. The second-order valence-corrected chi connectivity index (χ2v) is 4.55. The zero-order chi connectivity index (χ0) is 13.1. The third-order valence-corrected chi connectivity index (χ3v) is 3.36. The molecular weight excluding hydrogens is 258 g/mol. The van der Waals surface area contributed by atoms with Gasteiger partial charge in [-0.05, 0) is 6.92 Å². The van der Waals surface area contributed by atoms with E-state index >= 15 is 0 Å². The molecule has 96 valence electrons. The van der Waals surface area contributed by atoms with Gasteiger partial charge in [0, 0.05) is 18.0 Å². The maximum atomic E-state index is 13.5. The van der Waals surface area contributed by atoms with Gasteiger partial charge in [0.25, 0.3) is 0 Å². The molecule has 2 aromatic rings. The first kappa shape index (κ1) is 12.7. The molecule has 0 aromatic carbocycles. The summed E-state index contributed by atoms with van der Waals surface area (Å²) in [4.78, 5) is 8.91. The average Bonchev–Trinajstić information content (AvgIpc) is 2.74. The molecule has 0 unspecified atom stereocenters. The van der Waals surface area contributed by atoms with Crippen molar-refractivity contribution in [3.8, 4) is 0 Å². The monoisotopic (exact) mass is 270 g/mol. The van der Waals surface area contributed by atoms with Crippen molar-refractivity contribution in [2.75, 3.05) is 17.7 Å². The van der Waals surface area contributed by atoms with Crippen LogP contribution >= 0.6 is 11.3 Å². The molecule has 0 aliphatic rings. The number of anilines is 2. The van der Waals surface area contributed by atoms with Gasteiger partial charge < -0.3 is 10.6 Å². The fourth-order valence-corrected chi connectivity index (χ4v) is 2.14. The van der Waals surface area contributed by atoms with E-state index < -0.39 is 11.6 Å². The first-order valence-corrected chi connectivity index (χ1v) is 6.16. The Bertz CT molecular complexity index is 556. The quantitative estimate of drug-likeness (QED) is 0.897. The lowest BCUT2D eigenvalue weighted by Gasteiger charge is -2.08. The van der Waals surface area contributed by atoms with E-state index in [-0.39, 0.29) is 11.6 Å². The highest BCUT2D eigenvalue weighted by atomic mass is 32.1. The first-order valence-electron chi connectivity index (χ1n) is 5.28. The van der Waals surface area contributed by atoms with Crippen molar-refractivity contribution in [3.63, 3.8) is 0 Å². The van der Waals surface area contributed by atoms with Crippen LogP contribution in [0.1, 0.15) is 10.6 Å². The van der Waals surface area contributed by atoms with E-state index in [9.17, 15) is 8.78 Å². The molecule has 18 heavy (non-hydrogen) atoms. The summed E-state index contributed by atoms with van der Waals surface area (Å²) >= 11 is 1.47. The summed E-state index contributed by atoms with van der Waals surface area (Å²) in [5, 5.41) is 5.40. The van der Waals surface area contributed by atoms with E-state index in [0.717, 1.165) is 16.6 Å². The van der Waals surface area contributed by atoms with Crippen LogP contribution in [-0.4, -0.2) is 17.0 Å². The molecule has 0 aliphatic heterocycles. The van der Waals surface area contributed by atoms with E-state index in [1.807, 2.05) is 6.92 Å². The molecule has 2 N–H and O–H groups in total. The Kier molecular flexibility index (Phi) is 3.71. The predicted octanol–water partition coefficient (Wildman–Crippen LogP) is 2.78. The highest BCUT2D eigenvalue weighted by Gasteiger charge is 2.11. The van der Waals surface area contributed by atoms with Crippen molar-refractivity contribution >= 4 is 23.0 Å². The van der Waals surface area contributed by atoms with Gasteiger partial charge in [0.1, 0.15) is 0 Å². The van der Waals surface area contributed by atoms with Crippen LogP contribution in [0.25, 0.3) is 0 Å². The fraction of sp³-hybridized carbons (Fsp3) is 0.273. The maximum absolute atomic E-state index is 13.5. The molecule has 0 amide bonds. The Morgan fingerprint density at radius 2 is 2.00 bits per heavy atom. The van der Waals surface area contributed by atoms with Crippen LogP contribution in [0.3, 0.4) is 0 Å². The van der Waals surface area contributed by atoms with E-state index in [2.05, 4.69) is 20.6 Å². The third kappa shape index (κ3) is 2.56. The maximum Gasteiger partial charge on any atom is 0.168 e. The molecule has 0 spiro atoms. The van der Waals surface area contributed by atoms with Gasteiger partial charge in [-0.25, -0.2) is 18.7 Å². The second kappa shape index (κ2) is 5.26. The van der Waals surface area contributed by atoms with Crippen LogP contribution in [0, 0.1) is 18.6 Å².